The molecule has 7 heteroatoms. The van der Waals surface area contributed by atoms with Crippen LogP contribution in [-0.2, 0) is 0 Å². The maximum absolute atomic E-state index is 4.78. The maximum atomic E-state index is 4.78. The Hall–Kier alpha value is -3.19. The molecule has 0 fully saturated rings. The first-order chi connectivity index (χ1) is 14.6. The highest BCUT2D eigenvalue weighted by Crippen LogP contribution is 2.32. The molecule has 30 heavy (non-hydrogen) atoms. The molecule has 0 bridgehead atoms. The van der Waals surface area contributed by atoms with Crippen LogP contribution in [0.25, 0.3) is 17.1 Å². The summed E-state index contributed by atoms with van der Waals surface area (Å²) in [7, 11) is 0. The van der Waals surface area contributed by atoms with Crippen LogP contribution in [0.5, 0.6) is 0 Å². The zero-order valence-electron chi connectivity index (χ0n) is 17.8. The summed E-state index contributed by atoms with van der Waals surface area (Å²) >= 11 is 1.60. The van der Waals surface area contributed by atoms with Crippen LogP contribution in [0.2, 0.25) is 0 Å². The summed E-state index contributed by atoms with van der Waals surface area (Å²) in [6.45, 7) is 10.7. The average Bonchev–Trinajstić information content (AvgIpc) is 3.44. The van der Waals surface area contributed by atoms with E-state index in [1.165, 1.54) is 16.8 Å². The second kappa shape index (κ2) is 8.67. The Morgan fingerprint density at radius 3 is 2.60 bits per heavy atom. The van der Waals surface area contributed by atoms with Gasteiger partial charge in [-0.15, -0.1) is 11.3 Å². The first kappa shape index (κ1) is 20.1. The molecule has 0 saturated heterocycles. The molecule has 4 aromatic rings. The lowest BCUT2D eigenvalue weighted by Gasteiger charge is -2.24. The Labute approximate surface area is 181 Å². The molecule has 6 nitrogen and oxygen atoms in total. The maximum Gasteiger partial charge on any atom is 0.187 e. The van der Waals surface area contributed by atoms with E-state index in [9.17, 15) is 0 Å². The molecule has 154 valence electrons. The van der Waals surface area contributed by atoms with E-state index in [-0.39, 0.29) is 0 Å². The van der Waals surface area contributed by atoms with Gasteiger partial charge in [0.15, 0.2) is 5.13 Å². The lowest BCUT2D eigenvalue weighted by molar-refractivity contribution is 0.861. The highest BCUT2D eigenvalue weighted by Gasteiger charge is 2.12. The number of hydrogen-bond acceptors (Lipinski definition) is 6. The molecule has 0 saturated carbocycles. The summed E-state index contributed by atoms with van der Waals surface area (Å²) in [5.41, 5.74) is 6.78. The molecule has 4 rings (SSSR count). The van der Waals surface area contributed by atoms with Crippen molar-refractivity contribution >= 4 is 27.8 Å². The van der Waals surface area contributed by atoms with E-state index < -0.39 is 0 Å². The van der Waals surface area contributed by atoms with E-state index in [1.54, 1.807) is 23.9 Å². The van der Waals surface area contributed by atoms with Crippen LogP contribution in [0.1, 0.15) is 25.0 Å². The number of hydrogen-bond donors (Lipinski definition) is 1. The van der Waals surface area contributed by atoms with Crippen LogP contribution in [0.3, 0.4) is 0 Å². The number of pyridine rings is 1. The summed E-state index contributed by atoms with van der Waals surface area (Å²) in [6.07, 6.45) is 7.21. The fourth-order valence-corrected chi connectivity index (χ4v) is 4.28. The molecule has 1 N–H and O–H groups in total. The number of benzene rings is 1. The minimum atomic E-state index is 0.837. The largest absolute Gasteiger partial charge is 0.372 e. The highest BCUT2D eigenvalue weighted by molar-refractivity contribution is 7.14. The Balaban J connectivity index is 1.56. The third-order valence-electron chi connectivity index (χ3n) is 5.21. The number of nitrogens with one attached hydrogen (secondary N) is 1. The highest BCUT2D eigenvalue weighted by atomic mass is 32.1. The van der Waals surface area contributed by atoms with Gasteiger partial charge in [-0.3, -0.25) is 4.57 Å². The second-order valence-corrected chi connectivity index (χ2v) is 8.02. The Morgan fingerprint density at radius 2 is 1.93 bits per heavy atom. The van der Waals surface area contributed by atoms with Gasteiger partial charge in [-0.05, 0) is 57.0 Å². The predicted molar refractivity (Wildman–Crippen MR) is 125 cm³/mol. The molecular weight excluding hydrogens is 392 g/mol. The van der Waals surface area contributed by atoms with Crippen molar-refractivity contribution in [1.82, 2.24) is 19.5 Å². The molecule has 3 heterocycles. The van der Waals surface area contributed by atoms with Gasteiger partial charge in [-0.25, -0.2) is 15.0 Å². The van der Waals surface area contributed by atoms with Crippen molar-refractivity contribution in [2.45, 2.75) is 27.7 Å². The smallest absolute Gasteiger partial charge is 0.187 e. The lowest BCUT2D eigenvalue weighted by Crippen LogP contribution is -2.22. The Morgan fingerprint density at radius 1 is 1.10 bits per heavy atom. The van der Waals surface area contributed by atoms with Gasteiger partial charge < -0.3 is 10.2 Å². The Bertz CT molecular complexity index is 1110. The minimum Gasteiger partial charge on any atom is -0.372 e. The zero-order chi connectivity index (χ0) is 21.1. The zero-order valence-corrected chi connectivity index (χ0v) is 18.6. The number of anilines is 3. The molecule has 0 radical (unpaired) electrons. The molecule has 0 aliphatic carbocycles. The summed E-state index contributed by atoms with van der Waals surface area (Å²) in [6, 6.07) is 8.49. The van der Waals surface area contributed by atoms with Gasteiger partial charge in [0.1, 0.15) is 12.1 Å². The first-order valence-electron chi connectivity index (χ1n) is 10.1. The quantitative estimate of drug-likeness (QED) is 0.423. The number of rotatable bonds is 7. The van der Waals surface area contributed by atoms with Crippen LogP contribution in [0.15, 0.2) is 54.6 Å². The fourth-order valence-electron chi connectivity index (χ4n) is 3.54. The second-order valence-electron chi connectivity index (χ2n) is 7.16. The molecule has 1 aromatic carbocycles. The third kappa shape index (κ3) is 4.07. The summed E-state index contributed by atoms with van der Waals surface area (Å²) < 4.78 is 1.88. The standard InChI is InChI=1S/C23H26N6S/c1-5-28(6-2)21-12-19(16(3)11-17(21)4)26-23-27-20(14-30-23)18-7-8-22(25-13-18)29-10-9-24-15-29/h7-15H,5-6H2,1-4H3,(H,26,27). The van der Waals surface area contributed by atoms with Crippen molar-refractivity contribution in [2.24, 2.45) is 0 Å². The van der Waals surface area contributed by atoms with E-state index >= 15 is 0 Å². The van der Waals surface area contributed by atoms with Crippen molar-refractivity contribution in [3.05, 3.63) is 65.7 Å². The van der Waals surface area contributed by atoms with Crippen LogP contribution in [-0.4, -0.2) is 32.6 Å². The van der Waals surface area contributed by atoms with Crippen LogP contribution < -0.4 is 10.2 Å². The van der Waals surface area contributed by atoms with E-state index in [1.807, 2.05) is 29.1 Å². The van der Waals surface area contributed by atoms with E-state index in [0.717, 1.165) is 41.0 Å². The SMILES string of the molecule is CCN(CC)c1cc(Nc2nc(-c3ccc(-n4ccnc4)nc3)cs2)c(C)cc1C. The van der Waals surface area contributed by atoms with Crippen molar-refractivity contribution in [2.75, 3.05) is 23.3 Å². The molecule has 0 aliphatic rings. The van der Waals surface area contributed by atoms with Gasteiger partial charge in [0.05, 0.1) is 5.69 Å². The third-order valence-corrected chi connectivity index (χ3v) is 5.96. The van der Waals surface area contributed by atoms with E-state index in [4.69, 9.17) is 4.98 Å². The first-order valence-corrected chi connectivity index (χ1v) is 11.0. The van der Waals surface area contributed by atoms with Gasteiger partial charge >= 0.3 is 0 Å². The normalized spacial score (nSPS) is 10.9. The van der Waals surface area contributed by atoms with Gasteiger partial charge in [-0.1, -0.05) is 6.07 Å². The number of imidazole rings is 1. The molecule has 3 aromatic heterocycles. The number of aryl methyl sites for hydroxylation is 2. The van der Waals surface area contributed by atoms with Crippen LogP contribution >= 0.6 is 11.3 Å². The Kier molecular flexibility index (Phi) is 5.81. The van der Waals surface area contributed by atoms with Crippen molar-refractivity contribution in [1.29, 1.82) is 0 Å². The van der Waals surface area contributed by atoms with Gasteiger partial charge in [0, 0.05) is 54.0 Å². The van der Waals surface area contributed by atoms with Crippen molar-refractivity contribution in [3.63, 3.8) is 0 Å². The summed E-state index contributed by atoms with van der Waals surface area (Å²) in [5.74, 6) is 0.837. The topological polar surface area (TPSA) is 58.9 Å². The summed E-state index contributed by atoms with van der Waals surface area (Å²) in [4.78, 5) is 15.7. The van der Waals surface area contributed by atoms with Crippen molar-refractivity contribution < 1.29 is 0 Å². The molecule has 0 amide bonds. The van der Waals surface area contributed by atoms with Crippen LogP contribution in [0.4, 0.5) is 16.5 Å². The predicted octanol–water partition coefficient (Wildman–Crippen LogP) is 5.60. The number of nitrogens with zero attached hydrogens (tertiary/aromatic N) is 5. The van der Waals surface area contributed by atoms with Gasteiger partial charge in [0.25, 0.3) is 0 Å². The van der Waals surface area contributed by atoms with E-state index in [0.29, 0.717) is 0 Å². The monoisotopic (exact) mass is 418 g/mol. The molecule has 0 spiro atoms. The molecular formula is C23H26N6S. The number of aromatic nitrogens is 4. The van der Waals surface area contributed by atoms with Gasteiger partial charge in [0.2, 0.25) is 0 Å². The van der Waals surface area contributed by atoms with E-state index in [2.05, 4.69) is 65.4 Å². The summed E-state index contributed by atoms with van der Waals surface area (Å²) in [5, 5.41) is 6.45. The fraction of sp³-hybridized carbons (Fsp3) is 0.261. The minimum absolute atomic E-state index is 0.837. The molecule has 0 aliphatic heterocycles. The average molecular weight is 419 g/mol. The lowest BCUT2D eigenvalue weighted by atomic mass is 10.1. The van der Waals surface area contributed by atoms with Crippen LogP contribution in [0, 0.1) is 13.8 Å². The number of thiazole rings is 1. The molecule has 0 unspecified atom stereocenters. The van der Waals surface area contributed by atoms with Crippen molar-refractivity contribution in [3.8, 4) is 17.1 Å². The molecule has 0 atom stereocenters. The van der Waals surface area contributed by atoms with Gasteiger partial charge in [-0.2, -0.15) is 0 Å².